The van der Waals surface area contributed by atoms with E-state index in [0.29, 0.717) is 6.42 Å². The Morgan fingerprint density at radius 1 is 1.10 bits per heavy atom. The molecule has 162 valence electrons. The third-order valence-corrected chi connectivity index (χ3v) is 7.21. The number of amides is 1. The van der Waals surface area contributed by atoms with E-state index >= 15 is 0 Å². The molecule has 1 amide bonds. The van der Waals surface area contributed by atoms with Crippen LogP contribution in [0.15, 0.2) is 54.6 Å². The van der Waals surface area contributed by atoms with Crippen LogP contribution >= 0.6 is 0 Å². The zero-order valence-electron chi connectivity index (χ0n) is 16.9. The number of hydrogen-bond donors (Lipinski definition) is 4. The first kappa shape index (κ1) is 23.8. The molecule has 0 heterocycles. The molecule has 2 atom stereocenters. The van der Waals surface area contributed by atoms with Gasteiger partial charge in [-0.25, -0.2) is 13.9 Å². The molecule has 2 aromatic carbocycles. The number of aryl methyl sites for hydroxylation is 1. The van der Waals surface area contributed by atoms with Crippen molar-refractivity contribution in [2.75, 3.05) is 12.9 Å². The summed E-state index contributed by atoms with van der Waals surface area (Å²) in [7, 11) is -3.72. The van der Waals surface area contributed by atoms with E-state index in [9.17, 15) is 18.3 Å². The van der Waals surface area contributed by atoms with Crippen molar-refractivity contribution in [2.24, 2.45) is 0 Å². The molecule has 2 unspecified atom stereocenters. The molecule has 8 heteroatoms. The standard InChI is InChI=1S/C22H27NO6S/c1-22(21(26)23-27,30(2,28)29)14-13-17-5-10-19(11-6-17)18-8-3-16(4-9-18)7-12-20(25)15-24/h3-12,20,24-25,27H,13-15H2,1-2H3,(H,23,26)/b12-7+. The number of rotatable bonds is 9. The number of carbonyl (C=O) groups is 1. The van der Waals surface area contributed by atoms with Crippen LogP contribution in [0, 0.1) is 0 Å². The maximum atomic E-state index is 12.0. The fraction of sp³-hybridized carbons (Fsp3) is 0.318. The largest absolute Gasteiger partial charge is 0.393 e. The van der Waals surface area contributed by atoms with E-state index in [-0.39, 0.29) is 13.0 Å². The smallest absolute Gasteiger partial charge is 0.264 e. The Bertz CT molecular complexity index is 983. The third-order valence-electron chi connectivity index (χ3n) is 5.19. The van der Waals surface area contributed by atoms with Crippen molar-refractivity contribution >= 4 is 21.8 Å². The Kier molecular flexibility index (Phi) is 7.91. The molecule has 0 saturated heterocycles. The number of aliphatic hydroxyl groups excluding tert-OH is 2. The maximum absolute atomic E-state index is 12.0. The number of nitrogens with one attached hydrogen (secondary N) is 1. The van der Waals surface area contributed by atoms with Crippen LogP contribution in [-0.4, -0.2) is 53.5 Å². The minimum Gasteiger partial charge on any atom is -0.393 e. The van der Waals surface area contributed by atoms with Gasteiger partial charge in [0.1, 0.15) is 4.75 Å². The first-order valence-corrected chi connectivity index (χ1v) is 11.3. The van der Waals surface area contributed by atoms with Gasteiger partial charge >= 0.3 is 0 Å². The van der Waals surface area contributed by atoms with E-state index in [1.165, 1.54) is 18.5 Å². The minimum atomic E-state index is -3.72. The van der Waals surface area contributed by atoms with Crippen LogP contribution in [0.3, 0.4) is 0 Å². The van der Waals surface area contributed by atoms with Crippen molar-refractivity contribution in [3.8, 4) is 11.1 Å². The SMILES string of the molecule is CC(CCc1ccc(-c2ccc(/C=C/C(O)CO)cc2)cc1)(C(=O)NO)S(C)(=O)=O. The van der Waals surface area contributed by atoms with Gasteiger partial charge in [0.15, 0.2) is 9.84 Å². The van der Waals surface area contributed by atoms with Crippen LogP contribution in [-0.2, 0) is 21.1 Å². The molecule has 4 N–H and O–H groups in total. The Morgan fingerprint density at radius 3 is 2.10 bits per heavy atom. The van der Waals surface area contributed by atoms with Gasteiger partial charge in [0.25, 0.3) is 5.91 Å². The Hall–Kier alpha value is -2.52. The number of carbonyl (C=O) groups excluding carboxylic acids is 1. The fourth-order valence-electron chi connectivity index (χ4n) is 2.90. The van der Waals surface area contributed by atoms with Gasteiger partial charge in [0, 0.05) is 6.26 Å². The highest BCUT2D eigenvalue weighted by molar-refractivity contribution is 7.92. The predicted octanol–water partition coefficient (Wildman–Crippen LogP) is 1.96. The highest BCUT2D eigenvalue weighted by Gasteiger charge is 2.43. The summed E-state index contributed by atoms with van der Waals surface area (Å²) in [4.78, 5) is 11.9. The molecule has 2 rings (SSSR count). The van der Waals surface area contributed by atoms with Crippen LogP contribution in [0.2, 0.25) is 0 Å². The molecule has 0 aromatic heterocycles. The van der Waals surface area contributed by atoms with Crippen LogP contribution < -0.4 is 5.48 Å². The summed E-state index contributed by atoms with van der Waals surface area (Å²) in [6, 6.07) is 15.3. The minimum absolute atomic E-state index is 0.0400. The lowest BCUT2D eigenvalue weighted by atomic mass is 9.97. The van der Waals surface area contributed by atoms with E-state index in [1.54, 1.807) is 6.08 Å². The van der Waals surface area contributed by atoms with Crippen molar-refractivity contribution < 1.29 is 28.6 Å². The van der Waals surface area contributed by atoms with Crippen molar-refractivity contribution in [2.45, 2.75) is 30.6 Å². The second-order valence-electron chi connectivity index (χ2n) is 7.37. The number of hydrogen-bond acceptors (Lipinski definition) is 6. The lowest BCUT2D eigenvalue weighted by Crippen LogP contribution is -2.49. The van der Waals surface area contributed by atoms with Gasteiger partial charge in [-0.2, -0.15) is 0 Å². The van der Waals surface area contributed by atoms with Crippen molar-refractivity contribution in [1.82, 2.24) is 5.48 Å². The van der Waals surface area contributed by atoms with Crippen LogP contribution in [0.5, 0.6) is 0 Å². The van der Waals surface area contributed by atoms with E-state index in [0.717, 1.165) is 28.5 Å². The van der Waals surface area contributed by atoms with Gasteiger partial charge in [-0.3, -0.25) is 10.0 Å². The number of benzene rings is 2. The van der Waals surface area contributed by atoms with Crippen molar-refractivity contribution in [3.05, 3.63) is 65.7 Å². The van der Waals surface area contributed by atoms with Gasteiger partial charge in [0.05, 0.1) is 12.7 Å². The molecule has 2 aromatic rings. The first-order chi connectivity index (χ1) is 14.1. The molecule has 0 spiro atoms. The molecular weight excluding hydrogens is 406 g/mol. The Morgan fingerprint density at radius 2 is 1.63 bits per heavy atom. The van der Waals surface area contributed by atoms with Crippen LogP contribution in [0.4, 0.5) is 0 Å². The second-order valence-corrected chi connectivity index (χ2v) is 9.82. The summed E-state index contributed by atoms with van der Waals surface area (Å²) in [5.74, 6) is -0.942. The summed E-state index contributed by atoms with van der Waals surface area (Å²) in [5, 5.41) is 27.1. The monoisotopic (exact) mass is 433 g/mol. The number of sulfone groups is 1. The van der Waals surface area contributed by atoms with Gasteiger partial charge in [-0.05, 0) is 42.0 Å². The summed E-state index contributed by atoms with van der Waals surface area (Å²) in [5.41, 5.74) is 5.18. The quantitative estimate of drug-likeness (QED) is 0.354. The van der Waals surface area contributed by atoms with Crippen LogP contribution in [0.1, 0.15) is 24.5 Å². The van der Waals surface area contributed by atoms with Crippen molar-refractivity contribution in [1.29, 1.82) is 0 Å². The zero-order chi connectivity index (χ0) is 22.4. The summed E-state index contributed by atoms with van der Waals surface area (Å²) >= 11 is 0. The highest BCUT2D eigenvalue weighted by Crippen LogP contribution is 2.25. The molecule has 0 saturated carbocycles. The van der Waals surface area contributed by atoms with E-state index in [2.05, 4.69) is 0 Å². The Labute approximate surface area is 176 Å². The van der Waals surface area contributed by atoms with Gasteiger partial charge in [0.2, 0.25) is 0 Å². The maximum Gasteiger partial charge on any atom is 0.264 e. The molecule has 0 aliphatic rings. The van der Waals surface area contributed by atoms with Crippen molar-refractivity contribution in [3.63, 3.8) is 0 Å². The van der Waals surface area contributed by atoms with Gasteiger partial charge < -0.3 is 10.2 Å². The average Bonchev–Trinajstić information content (AvgIpc) is 2.75. The van der Waals surface area contributed by atoms with Gasteiger partial charge in [-0.15, -0.1) is 0 Å². The lowest BCUT2D eigenvalue weighted by Gasteiger charge is -2.25. The van der Waals surface area contributed by atoms with E-state index in [4.69, 9.17) is 10.3 Å². The van der Waals surface area contributed by atoms with E-state index in [1.807, 2.05) is 48.5 Å². The topological polar surface area (TPSA) is 124 Å². The molecule has 0 bridgehead atoms. The summed E-state index contributed by atoms with van der Waals surface area (Å²) < 4.78 is 22.4. The average molecular weight is 434 g/mol. The number of hydroxylamine groups is 1. The lowest BCUT2D eigenvalue weighted by molar-refractivity contribution is -0.131. The normalized spacial score (nSPS) is 15.0. The summed E-state index contributed by atoms with van der Waals surface area (Å²) in [6.45, 7) is 0.979. The highest BCUT2D eigenvalue weighted by atomic mass is 32.2. The first-order valence-electron chi connectivity index (χ1n) is 9.41. The second kappa shape index (κ2) is 9.99. The fourth-order valence-corrected chi connectivity index (χ4v) is 3.76. The molecule has 0 fully saturated rings. The number of aliphatic hydroxyl groups is 2. The molecule has 7 nitrogen and oxygen atoms in total. The predicted molar refractivity (Wildman–Crippen MR) is 116 cm³/mol. The Balaban J connectivity index is 2.09. The third kappa shape index (κ3) is 5.76. The molecule has 0 aliphatic heterocycles. The molecule has 0 aliphatic carbocycles. The van der Waals surface area contributed by atoms with E-state index < -0.39 is 26.6 Å². The molecule has 0 radical (unpaired) electrons. The summed E-state index contributed by atoms with van der Waals surface area (Å²) in [6.07, 6.45) is 3.74. The van der Waals surface area contributed by atoms with Crippen LogP contribution in [0.25, 0.3) is 17.2 Å². The zero-order valence-corrected chi connectivity index (χ0v) is 17.8. The molecule has 30 heavy (non-hydrogen) atoms. The molecular formula is C22H27NO6S. The van der Waals surface area contributed by atoms with Gasteiger partial charge in [-0.1, -0.05) is 60.7 Å².